The third-order valence-corrected chi connectivity index (χ3v) is 2.21. The van der Waals surface area contributed by atoms with Crippen LogP contribution in [-0.4, -0.2) is 12.0 Å². The molecule has 0 aliphatic carbocycles. The summed E-state index contributed by atoms with van der Waals surface area (Å²) in [7, 11) is 0. The van der Waals surface area contributed by atoms with Crippen molar-refractivity contribution in [3.05, 3.63) is 0 Å². The molecule has 2 unspecified atom stereocenters. The average Bonchev–Trinajstić information content (AvgIpc) is 1.98. The van der Waals surface area contributed by atoms with E-state index in [1.165, 1.54) is 0 Å². The van der Waals surface area contributed by atoms with Gasteiger partial charge in [0.15, 0.2) is 0 Å². The Kier molecular flexibility index (Phi) is 6.14. The number of alkyl halides is 1. The maximum absolute atomic E-state index is 11.1. The SMILES string of the molecule is CCCCC([O])C(C)CCl. The Morgan fingerprint density at radius 1 is 1.50 bits per heavy atom. The van der Waals surface area contributed by atoms with E-state index in [4.69, 9.17) is 11.6 Å². The molecule has 0 aromatic carbocycles. The molecule has 1 nitrogen and oxygen atoms in total. The van der Waals surface area contributed by atoms with Crippen molar-refractivity contribution >= 4 is 11.6 Å². The summed E-state index contributed by atoms with van der Waals surface area (Å²) in [5.74, 6) is 0.631. The van der Waals surface area contributed by atoms with Gasteiger partial charge in [-0.15, -0.1) is 11.6 Å². The smallest absolute Gasteiger partial charge is 0.0966 e. The third-order valence-electron chi connectivity index (χ3n) is 1.72. The molecule has 0 aromatic heterocycles. The Balaban J connectivity index is 3.31. The van der Waals surface area contributed by atoms with Gasteiger partial charge in [0.1, 0.15) is 0 Å². The summed E-state index contributed by atoms with van der Waals surface area (Å²) in [6.07, 6.45) is 2.48. The number of rotatable bonds is 5. The van der Waals surface area contributed by atoms with E-state index in [-0.39, 0.29) is 5.92 Å². The molecule has 0 bridgehead atoms. The van der Waals surface area contributed by atoms with E-state index in [9.17, 15) is 5.11 Å². The fraction of sp³-hybridized carbons (Fsp3) is 1.00. The Morgan fingerprint density at radius 2 is 2.10 bits per heavy atom. The molecule has 10 heavy (non-hydrogen) atoms. The largest absolute Gasteiger partial charge is 0.233 e. The molecule has 0 saturated carbocycles. The number of hydrogen-bond donors (Lipinski definition) is 0. The minimum Gasteiger partial charge on any atom is -0.233 e. The van der Waals surface area contributed by atoms with Crippen molar-refractivity contribution in [1.29, 1.82) is 0 Å². The van der Waals surface area contributed by atoms with Gasteiger partial charge in [0.2, 0.25) is 0 Å². The van der Waals surface area contributed by atoms with Crippen LogP contribution < -0.4 is 0 Å². The van der Waals surface area contributed by atoms with Crippen molar-refractivity contribution in [3.8, 4) is 0 Å². The summed E-state index contributed by atoms with van der Waals surface area (Å²) < 4.78 is 0. The lowest BCUT2D eigenvalue weighted by Crippen LogP contribution is -2.16. The molecule has 2 atom stereocenters. The van der Waals surface area contributed by atoms with Gasteiger partial charge in [-0.2, -0.15) is 0 Å². The van der Waals surface area contributed by atoms with Crippen LogP contribution in [0.15, 0.2) is 0 Å². The highest BCUT2D eigenvalue weighted by atomic mass is 35.5. The maximum atomic E-state index is 11.1. The fourth-order valence-electron chi connectivity index (χ4n) is 0.789. The maximum Gasteiger partial charge on any atom is 0.0966 e. The van der Waals surface area contributed by atoms with Crippen LogP contribution in [0.3, 0.4) is 0 Å². The zero-order chi connectivity index (χ0) is 7.98. The molecule has 0 aromatic rings. The molecule has 0 amide bonds. The summed E-state index contributed by atoms with van der Waals surface area (Å²) >= 11 is 5.53. The predicted molar refractivity (Wildman–Crippen MR) is 43.9 cm³/mol. The first kappa shape index (κ1) is 10.2. The van der Waals surface area contributed by atoms with Crippen molar-refractivity contribution in [3.63, 3.8) is 0 Å². The van der Waals surface area contributed by atoms with E-state index < -0.39 is 6.10 Å². The van der Waals surface area contributed by atoms with Gasteiger partial charge in [0.05, 0.1) is 6.10 Å². The van der Waals surface area contributed by atoms with E-state index in [1.807, 2.05) is 6.92 Å². The van der Waals surface area contributed by atoms with Crippen LogP contribution in [0.25, 0.3) is 0 Å². The lowest BCUT2D eigenvalue weighted by atomic mass is 10.0. The molecule has 0 fully saturated rings. The average molecular weight is 164 g/mol. The standard InChI is InChI=1S/C8H16ClO/c1-3-4-5-8(10)7(2)6-9/h7-8H,3-6H2,1-2H3. The van der Waals surface area contributed by atoms with Gasteiger partial charge in [0, 0.05) is 5.88 Å². The minimum absolute atomic E-state index is 0.133. The van der Waals surface area contributed by atoms with Crippen LogP contribution in [0, 0.1) is 5.92 Å². The second-order valence-electron chi connectivity index (χ2n) is 2.81. The Hall–Kier alpha value is 0.250. The van der Waals surface area contributed by atoms with Crippen molar-refractivity contribution in [2.24, 2.45) is 5.92 Å². The molecule has 0 heterocycles. The van der Waals surface area contributed by atoms with E-state index in [1.54, 1.807) is 0 Å². The second-order valence-corrected chi connectivity index (χ2v) is 3.12. The molecule has 0 saturated heterocycles. The van der Waals surface area contributed by atoms with Gasteiger partial charge in [0.25, 0.3) is 0 Å². The summed E-state index contributed by atoms with van der Waals surface area (Å²) in [4.78, 5) is 0. The molecule has 0 rings (SSSR count). The first-order chi connectivity index (χ1) is 4.72. The molecule has 0 aliphatic heterocycles. The highest BCUT2D eigenvalue weighted by molar-refractivity contribution is 6.18. The first-order valence-electron chi connectivity index (χ1n) is 3.94. The molecular weight excluding hydrogens is 148 g/mol. The zero-order valence-electron chi connectivity index (χ0n) is 6.77. The topological polar surface area (TPSA) is 19.9 Å². The number of halogens is 1. The summed E-state index contributed by atoms with van der Waals surface area (Å²) in [6.45, 7) is 4.01. The molecule has 0 spiro atoms. The van der Waals surface area contributed by atoms with Crippen LogP contribution in [0.5, 0.6) is 0 Å². The van der Waals surface area contributed by atoms with Gasteiger partial charge in [-0.05, 0) is 12.3 Å². The third kappa shape index (κ3) is 4.13. The van der Waals surface area contributed by atoms with Crippen LogP contribution in [0.4, 0.5) is 0 Å². The molecular formula is C8H16ClO. The molecule has 2 heteroatoms. The summed E-state index contributed by atoms with van der Waals surface area (Å²) in [5.41, 5.74) is 0. The zero-order valence-corrected chi connectivity index (χ0v) is 7.53. The van der Waals surface area contributed by atoms with Crippen molar-refractivity contribution in [2.45, 2.75) is 39.2 Å². The van der Waals surface area contributed by atoms with Gasteiger partial charge < -0.3 is 0 Å². The second kappa shape index (κ2) is 5.99. The Labute approximate surface area is 68.4 Å². The van der Waals surface area contributed by atoms with Crippen LogP contribution >= 0.6 is 11.6 Å². The predicted octanol–water partition coefficient (Wildman–Crippen LogP) is 2.85. The number of unbranched alkanes of at least 4 members (excludes halogenated alkanes) is 1. The molecule has 0 N–H and O–H groups in total. The molecule has 61 valence electrons. The van der Waals surface area contributed by atoms with Gasteiger partial charge >= 0.3 is 0 Å². The van der Waals surface area contributed by atoms with E-state index in [2.05, 4.69) is 6.92 Å². The van der Waals surface area contributed by atoms with Crippen LogP contribution in [-0.2, 0) is 5.11 Å². The highest BCUT2D eigenvalue weighted by Gasteiger charge is 2.13. The normalized spacial score (nSPS) is 16.8. The van der Waals surface area contributed by atoms with Crippen LogP contribution in [0.1, 0.15) is 33.1 Å². The first-order valence-corrected chi connectivity index (χ1v) is 4.47. The van der Waals surface area contributed by atoms with Crippen molar-refractivity contribution in [2.75, 3.05) is 5.88 Å². The Morgan fingerprint density at radius 3 is 2.50 bits per heavy atom. The van der Waals surface area contributed by atoms with Crippen LogP contribution in [0.2, 0.25) is 0 Å². The Bertz CT molecular complexity index is 75.7. The van der Waals surface area contributed by atoms with Crippen molar-refractivity contribution < 1.29 is 5.11 Å². The van der Waals surface area contributed by atoms with Gasteiger partial charge in [-0.3, -0.25) is 0 Å². The lowest BCUT2D eigenvalue weighted by Gasteiger charge is -2.12. The van der Waals surface area contributed by atoms with E-state index in [0.717, 1.165) is 19.3 Å². The molecule has 1 radical (unpaired) electrons. The van der Waals surface area contributed by atoms with Gasteiger partial charge in [-0.1, -0.05) is 26.7 Å². The van der Waals surface area contributed by atoms with E-state index in [0.29, 0.717) is 5.88 Å². The van der Waals surface area contributed by atoms with E-state index >= 15 is 0 Å². The molecule has 0 aliphatic rings. The monoisotopic (exact) mass is 163 g/mol. The lowest BCUT2D eigenvalue weighted by molar-refractivity contribution is 0.0421. The quantitative estimate of drug-likeness (QED) is 0.556. The fourth-order valence-corrected chi connectivity index (χ4v) is 0.988. The minimum atomic E-state index is -0.447. The number of hydrogen-bond acceptors (Lipinski definition) is 0. The van der Waals surface area contributed by atoms with Gasteiger partial charge in [-0.25, -0.2) is 5.11 Å². The van der Waals surface area contributed by atoms with Crippen molar-refractivity contribution in [1.82, 2.24) is 0 Å². The summed E-state index contributed by atoms with van der Waals surface area (Å²) in [6, 6.07) is 0. The highest BCUT2D eigenvalue weighted by Crippen LogP contribution is 2.12. The summed E-state index contributed by atoms with van der Waals surface area (Å²) in [5, 5.41) is 11.1.